The molecule has 0 aromatic heterocycles. The predicted molar refractivity (Wildman–Crippen MR) is 60.5 cm³/mol. The third-order valence-corrected chi connectivity index (χ3v) is 3.18. The first kappa shape index (κ1) is 12.0. The van der Waals surface area contributed by atoms with Crippen molar-refractivity contribution in [1.82, 2.24) is 5.32 Å². The number of morpholine rings is 1. The van der Waals surface area contributed by atoms with Crippen molar-refractivity contribution in [2.24, 2.45) is 5.92 Å². The molecule has 2 heteroatoms. The zero-order valence-electron chi connectivity index (χ0n) is 9.72. The molecule has 0 aromatic rings. The Hall–Kier alpha value is -0.0800. The molecule has 0 amide bonds. The van der Waals surface area contributed by atoms with E-state index >= 15 is 0 Å². The van der Waals surface area contributed by atoms with Gasteiger partial charge >= 0.3 is 0 Å². The van der Waals surface area contributed by atoms with Gasteiger partial charge in [0.05, 0.1) is 12.7 Å². The molecular formula is C12H25NO. The van der Waals surface area contributed by atoms with Crippen LogP contribution < -0.4 is 5.32 Å². The molecule has 0 bridgehead atoms. The molecule has 0 aromatic carbocycles. The fourth-order valence-electron chi connectivity index (χ4n) is 2.20. The topological polar surface area (TPSA) is 21.3 Å². The number of rotatable bonds is 6. The molecule has 0 radical (unpaired) electrons. The van der Waals surface area contributed by atoms with Crippen LogP contribution in [-0.4, -0.2) is 25.8 Å². The highest BCUT2D eigenvalue weighted by atomic mass is 16.5. The van der Waals surface area contributed by atoms with Crippen molar-refractivity contribution in [1.29, 1.82) is 0 Å². The highest BCUT2D eigenvalue weighted by Gasteiger charge is 2.22. The number of hydrogen-bond donors (Lipinski definition) is 1. The van der Waals surface area contributed by atoms with E-state index in [1.807, 2.05) is 0 Å². The largest absolute Gasteiger partial charge is 0.375 e. The summed E-state index contributed by atoms with van der Waals surface area (Å²) in [4.78, 5) is 0. The van der Waals surface area contributed by atoms with Crippen molar-refractivity contribution in [3.05, 3.63) is 0 Å². The maximum absolute atomic E-state index is 5.80. The van der Waals surface area contributed by atoms with Gasteiger partial charge in [0, 0.05) is 13.1 Å². The molecule has 1 heterocycles. The van der Waals surface area contributed by atoms with E-state index in [-0.39, 0.29) is 0 Å². The Balaban J connectivity index is 2.21. The predicted octanol–water partition coefficient (Wildman–Crippen LogP) is 2.58. The summed E-state index contributed by atoms with van der Waals surface area (Å²) in [6, 6.07) is 0. The number of nitrogens with one attached hydrogen (secondary N) is 1. The molecule has 0 saturated carbocycles. The fourth-order valence-corrected chi connectivity index (χ4v) is 2.20. The molecule has 0 aliphatic carbocycles. The van der Waals surface area contributed by atoms with Gasteiger partial charge in [-0.3, -0.25) is 0 Å². The first-order valence-electron chi connectivity index (χ1n) is 6.20. The minimum absolute atomic E-state index is 0.477. The van der Waals surface area contributed by atoms with Crippen molar-refractivity contribution in [3.63, 3.8) is 0 Å². The Morgan fingerprint density at radius 1 is 1.36 bits per heavy atom. The summed E-state index contributed by atoms with van der Waals surface area (Å²) in [6.07, 6.45) is 7.14. The van der Waals surface area contributed by atoms with Crippen LogP contribution in [0.5, 0.6) is 0 Å². The van der Waals surface area contributed by atoms with Crippen LogP contribution in [0.2, 0.25) is 0 Å². The lowest BCUT2D eigenvalue weighted by atomic mass is 9.92. The summed E-state index contributed by atoms with van der Waals surface area (Å²) < 4.78 is 5.80. The van der Waals surface area contributed by atoms with Gasteiger partial charge in [-0.25, -0.2) is 0 Å². The van der Waals surface area contributed by atoms with Crippen molar-refractivity contribution >= 4 is 0 Å². The van der Waals surface area contributed by atoms with Gasteiger partial charge in [0.2, 0.25) is 0 Å². The van der Waals surface area contributed by atoms with Gasteiger partial charge in [0.15, 0.2) is 0 Å². The number of ether oxygens (including phenoxy) is 1. The molecule has 84 valence electrons. The monoisotopic (exact) mass is 199 g/mol. The molecule has 0 spiro atoms. The standard InChI is InChI=1S/C12H25NO/c1-3-5-6-7-11(4-2)12-10-13-8-9-14-12/h11-13H,3-10H2,1-2H3. The van der Waals surface area contributed by atoms with Crippen LogP contribution in [-0.2, 0) is 4.74 Å². The second-order valence-electron chi connectivity index (χ2n) is 4.28. The molecule has 2 atom stereocenters. The summed E-state index contributed by atoms with van der Waals surface area (Å²) in [5, 5.41) is 3.42. The van der Waals surface area contributed by atoms with Gasteiger partial charge in [-0.05, 0) is 12.3 Å². The van der Waals surface area contributed by atoms with Crippen molar-refractivity contribution in [2.45, 2.75) is 52.1 Å². The normalized spacial score (nSPS) is 24.9. The maximum atomic E-state index is 5.80. The van der Waals surface area contributed by atoms with Gasteiger partial charge in [0.1, 0.15) is 0 Å². The van der Waals surface area contributed by atoms with Crippen LogP contribution in [0.1, 0.15) is 46.0 Å². The molecule has 2 unspecified atom stereocenters. The minimum atomic E-state index is 0.477. The Morgan fingerprint density at radius 3 is 2.79 bits per heavy atom. The van der Waals surface area contributed by atoms with E-state index in [0.29, 0.717) is 6.10 Å². The summed E-state index contributed by atoms with van der Waals surface area (Å²) in [5.41, 5.74) is 0. The third kappa shape index (κ3) is 3.97. The summed E-state index contributed by atoms with van der Waals surface area (Å²) in [5.74, 6) is 0.773. The highest BCUT2D eigenvalue weighted by molar-refractivity contribution is 4.75. The number of unbranched alkanes of at least 4 members (excludes halogenated alkanes) is 2. The zero-order valence-corrected chi connectivity index (χ0v) is 9.72. The van der Waals surface area contributed by atoms with E-state index in [2.05, 4.69) is 19.2 Å². The van der Waals surface area contributed by atoms with Gasteiger partial charge in [-0.15, -0.1) is 0 Å². The Labute approximate surface area is 88.4 Å². The Bertz CT molecular complexity index is 132. The summed E-state index contributed by atoms with van der Waals surface area (Å²) in [7, 11) is 0. The fraction of sp³-hybridized carbons (Fsp3) is 1.00. The van der Waals surface area contributed by atoms with Gasteiger partial charge < -0.3 is 10.1 Å². The minimum Gasteiger partial charge on any atom is -0.375 e. The quantitative estimate of drug-likeness (QED) is 0.664. The van der Waals surface area contributed by atoms with E-state index in [1.54, 1.807) is 0 Å². The lowest BCUT2D eigenvalue weighted by Crippen LogP contribution is -2.42. The first-order valence-corrected chi connectivity index (χ1v) is 6.20. The summed E-state index contributed by atoms with van der Waals surface area (Å²) >= 11 is 0. The SMILES string of the molecule is CCCCCC(CC)C1CNCCO1. The molecular weight excluding hydrogens is 174 g/mol. The van der Waals surface area contributed by atoms with E-state index in [0.717, 1.165) is 25.6 Å². The second-order valence-corrected chi connectivity index (χ2v) is 4.28. The third-order valence-electron chi connectivity index (χ3n) is 3.18. The lowest BCUT2D eigenvalue weighted by molar-refractivity contribution is -0.0131. The summed E-state index contributed by atoms with van der Waals surface area (Å²) in [6.45, 7) is 7.54. The molecule has 1 rings (SSSR count). The molecule has 2 nitrogen and oxygen atoms in total. The molecule has 1 N–H and O–H groups in total. The van der Waals surface area contributed by atoms with E-state index in [9.17, 15) is 0 Å². The molecule has 1 fully saturated rings. The second kappa shape index (κ2) is 7.24. The van der Waals surface area contributed by atoms with Crippen LogP contribution in [0.4, 0.5) is 0 Å². The number of hydrogen-bond acceptors (Lipinski definition) is 2. The molecule has 1 saturated heterocycles. The highest BCUT2D eigenvalue weighted by Crippen LogP contribution is 2.20. The molecule has 1 aliphatic rings. The van der Waals surface area contributed by atoms with Crippen LogP contribution in [0, 0.1) is 5.92 Å². The average molecular weight is 199 g/mol. The van der Waals surface area contributed by atoms with Crippen molar-refractivity contribution in [2.75, 3.05) is 19.7 Å². The molecule has 1 aliphatic heterocycles. The Kier molecular flexibility index (Phi) is 6.20. The van der Waals surface area contributed by atoms with E-state index < -0.39 is 0 Å². The van der Waals surface area contributed by atoms with E-state index in [1.165, 1.54) is 32.1 Å². The van der Waals surface area contributed by atoms with Crippen LogP contribution in [0.3, 0.4) is 0 Å². The maximum Gasteiger partial charge on any atom is 0.0728 e. The Morgan fingerprint density at radius 2 is 2.21 bits per heavy atom. The van der Waals surface area contributed by atoms with Gasteiger partial charge in [0.25, 0.3) is 0 Å². The van der Waals surface area contributed by atoms with Gasteiger partial charge in [-0.1, -0.05) is 39.5 Å². The smallest absolute Gasteiger partial charge is 0.0728 e. The zero-order chi connectivity index (χ0) is 10.2. The van der Waals surface area contributed by atoms with Crippen LogP contribution in [0.25, 0.3) is 0 Å². The lowest BCUT2D eigenvalue weighted by Gasteiger charge is -2.30. The molecule has 14 heavy (non-hydrogen) atoms. The van der Waals surface area contributed by atoms with Crippen molar-refractivity contribution in [3.8, 4) is 0 Å². The van der Waals surface area contributed by atoms with Crippen molar-refractivity contribution < 1.29 is 4.74 Å². The average Bonchev–Trinajstić information content (AvgIpc) is 2.26. The van der Waals surface area contributed by atoms with Crippen LogP contribution >= 0.6 is 0 Å². The van der Waals surface area contributed by atoms with E-state index in [4.69, 9.17) is 4.74 Å². The van der Waals surface area contributed by atoms with Crippen LogP contribution in [0.15, 0.2) is 0 Å². The first-order chi connectivity index (χ1) is 6.88. The van der Waals surface area contributed by atoms with Gasteiger partial charge in [-0.2, -0.15) is 0 Å².